The second kappa shape index (κ2) is 5.72. The summed E-state index contributed by atoms with van der Waals surface area (Å²) in [5.41, 5.74) is 2.30. The van der Waals surface area contributed by atoms with Crippen LogP contribution in [0.5, 0.6) is 0 Å². The van der Waals surface area contributed by atoms with Gasteiger partial charge >= 0.3 is 0 Å². The van der Waals surface area contributed by atoms with E-state index in [9.17, 15) is 0 Å². The number of anilines is 1. The number of rotatable bonds is 3. The number of aryl methyl sites for hydroxylation is 1. The van der Waals surface area contributed by atoms with Gasteiger partial charge in [-0.3, -0.25) is 0 Å². The van der Waals surface area contributed by atoms with Crippen LogP contribution in [0.2, 0.25) is 5.02 Å². The molecule has 18 heavy (non-hydrogen) atoms. The molecule has 0 saturated carbocycles. The Morgan fingerprint density at radius 1 is 1.28 bits per heavy atom. The van der Waals surface area contributed by atoms with Crippen molar-refractivity contribution in [2.45, 2.75) is 19.9 Å². The summed E-state index contributed by atoms with van der Waals surface area (Å²) in [4.78, 5) is 4.38. The molecule has 1 heterocycles. The topological polar surface area (TPSA) is 24.9 Å². The molecule has 4 heteroatoms. The van der Waals surface area contributed by atoms with Gasteiger partial charge in [0.05, 0.1) is 0 Å². The molecule has 0 bridgehead atoms. The van der Waals surface area contributed by atoms with Gasteiger partial charge in [-0.15, -0.1) is 0 Å². The molecule has 1 aromatic carbocycles. The summed E-state index contributed by atoms with van der Waals surface area (Å²) in [6, 6.07) is 10.1. The van der Waals surface area contributed by atoms with E-state index >= 15 is 0 Å². The number of benzene rings is 1. The third kappa shape index (κ3) is 3.24. The van der Waals surface area contributed by atoms with Gasteiger partial charge in [0, 0.05) is 21.7 Å². The number of aromatic nitrogens is 1. The van der Waals surface area contributed by atoms with Crippen LogP contribution in [0.4, 0.5) is 5.82 Å². The van der Waals surface area contributed by atoms with Crippen LogP contribution < -0.4 is 5.32 Å². The molecule has 1 aromatic heterocycles. The first kappa shape index (κ1) is 13.4. The molecular formula is C14H14BrClN2. The van der Waals surface area contributed by atoms with Gasteiger partial charge in [-0.2, -0.15) is 0 Å². The summed E-state index contributed by atoms with van der Waals surface area (Å²) < 4.78 is 0.990. The van der Waals surface area contributed by atoms with Crippen LogP contribution in [0.1, 0.15) is 24.1 Å². The molecular weight excluding hydrogens is 312 g/mol. The van der Waals surface area contributed by atoms with Gasteiger partial charge in [0.2, 0.25) is 0 Å². The number of hydrogen-bond donors (Lipinski definition) is 1. The third-order valence-corrected chi connectivity index (χ3v) is 3.45. The molecule has 2 nitrogen and oxygen atoms in total. The lowest BCUT2D eigenvalue weighted by Crippen LogP contribution is -2.08. The Kier molecular flexibility index (Phi) is 4.25. The highest BCUT2D eigenvalue weighted by Crippen LogP contribution is 2.23. The van der Waals surface area contributed by atoms with E-state index in [4.69, 9.17) is 11.6 Å². The highest BCUT2D eigenvalue weighted by Gasteiger charge is 2.08. The monoisotopic (exact) mass is 324 g/mol. The largest absolute Gasteiger partial charge is 0.363 e. The van der Waals surface area contributed by atoms with Crippen molar-refractivity contribution >= 4 is 33.3 Å². The van der Waals surface area contributed by atoms with Crippen LogP contribution in [0, 0.1) is 6.92 Å². The van der Waals surface area contributed by atoms with Crippen molar-refractivity contribution in [2.75, 3.05) is 5.32 Å². The van der Waals surface area contributed by atoms with E-state index in [-0.39, 0.29) is 6.04 Å². The van der Waals surface area contributed by atoms with Gasteiger partial charge in [0.1, 0.15) is 5.82 Å². The summed E-state index contributed by atoms with van der Waals surface area (Å²) >= 11 is 9.29. The zero-order valence-electron chi connectivity index (χ0n) is 10.2. The lowest BCUT2D eigenvalue weighted by atomic mass is 10.1. The molecule has 2 aromatic rings. The second-order valence-electron chi connectivity index (χ2n) is 4.24. The molecule has 0 amide bonds. The molecule has 1 atom stereocenters. The molecule has 2 rings (SSSR count). The predicted molar refractivity (Wildman–Crippen MR) is 80.2 cm³/mol. The molecule has 0 saturated heterocycles. The number of nitrogens with zero attached hydrogens (tertiary/aromatic N) is 1. The van der Waals surface area contributed by atoms with E-state index in [0.29, 0.717) is 0 Å². The molecule has 94 valence electrons. The summed E-state index contributed by atoms with van der Waals surface area (Å²) in [7, 11) is 0. The minimum Gasteiger partial charge on any atom is -0.363 e. The normalized spacial score (nSPS) is 12.2. The lowest BCUT2D eigenvalue weighted by molar-refractivity contribution is 0.871. The maximum absolute atomic E-state index is 5.88. The Labute approximate surface area is 121 Å². The SMILES string of the molecule is Cc1cc(Br)cnc1NC(C)c1ccc(Cl)cc1. The van der Waals surface area contributed by atoms with E-state index in [2.05, 4.69) is 33.2 Å². The summed E-state index contributed by atoms with van der Waals surface area (Å²) in [5.74, 6) is 0.903. The van der Waals surface area contributed by atoms with Gasteiger partial charge in [-0.25, -0.2) is 4.98 Å². The van der Waals surface area contributed by atoms with Crippen molar-refractivity contribution in [1.82, 2.24) is 4.98 Å². The average molecular weight is 326 g/mol. The van der Waals surface area contributed by atoms with Crippen LogP contribution in [-0.4, -0.2) is 4.98 Å². The summed E-state index contributed by atoms with van der Waals surface area (Å²) in [6.45, 7) is 4.14. The number of pyridine rings is 1. The van der Waals surface area contributed by atoms with Gasteiger partial charge in [-0.05, 0) is 59.1 Å². The second-order valence-corrected chi connectivity index (χ2v) is 5.59. The fraction of sp³-hybridized carbons (Fsp3) is 0.214. The molecule has 0 fully saturated rings. The van der Waals surface area contributed by atoms with Crippen molar-refractivity contribution < 1.29 is 0 Å². The first-order valence-corrected chi connectivity index (χ1v) is 6.87. The first-order valence-electron chi connectivity index (χ1n) is 5.70. The third-order valence-electron chi connectivity index (χ3n) is 2.77. The molecule has 0 radical (unpaired) electrons. The van der Waals surface area contributed by atoms with Crippen molar-refractivity contribution in [3.05, 3.63) is 57.2 Å². The number of halogens is 2. The van der Waals surface area contributed by atoms with Gasteiger partial charge < -0.3 is 5.32 Å². The summed E-state index contributed by atoms with van der Waals surface area (Å²) in [6.07, 6.45) is 1.80. The fourth-order valence-corrected chi connectivity index (χ4v) is 2.30. The zero-order valence-corrected chi connectivity index (χ0v) is 12.6. The van der Waals surface area contributed by atoms with Crippen LogP contribution in [0.25, 0.3) is 0 Å². The Balaban J connectivity index is 2.15. The van der Waals surface area contributed by atoms with E-state index in [0.717, 1.165) is 20.9 Å². The molecule has 0 spiro atoms. The first-order chi connectivity index (χ1) is 8.56. The Bertz CT molecular complexity index is 540. The van der Waals surface area contributed by atoms with Crippen LogP contribution >= 0.6 is 27.5 Å². The zero-order chi connectivity index (χ0) is 13.1. The van der Waals surface area contributed by atoms with Crippen molar-refractivity contribution in [2.24, 2.45) is 0 Å². The molecule has 0 aliphatic rings. The molecule has 0 aliphatic carbocycles. The fourth-order valence-electron chi connectivity index (χ4n) is 1.73. The minimum atomic E-state index is 0.189. The highest BCUT2D eigenvalue weighted by atomic mass is 79.9. The van der Waals surface area contributed by atoms with Crippen LogP contribution in [-0.2, 0) is 0 Å². The summed E-state index contributed by atoms with van der Waals surface area (Å²) in [5, 5.41) is 4.15. The molecule has 1 N–H and O–H groups in total. The van der Waals surface area contributed by atoms with E-state index in [1.807, 2.05) is 37.3 Å². The Hall–Kier alpha value is -1.06. The highest BCUT2D eigenvalue weighted by molar-refractivity contribution is 9.10. The minimum absolute atomic E-state index is 0.189. The lowest BCUT2D eigenvalue weighted by Gasteiger charge is -2.16. The van der Waals surface area contributed by atoms with Crippen molar-refractivity contribution in [3.63, 3.8) is 0 Å². The maximum atomic E-state index is 5.88. The van der Waals surface area contributed by atoms with Gasteiger partial charge in [0.25, 0.3) is 0 Å². The predicted octanol–water partition coefficient (Wildman–Crippen LogP) is 4.98. The van der Waals surface area contributed by atoms with E-state index < -0.39 is 0 Å². The van der Waals surface area contributed by atoms with Crippen molar-refractivity contribution in [3.8, 4) is 0 Å². The van der Waals surface area contributed by atoms with Gasteiger partial charge in [-0.1, -0.05) is 23.7 Å². The number of nitrogens with one attached hydrogen (secondary N) is 1. The number of hydrogen-bond acceptors (Lipinski definition) is 2. The van der Waals surface area contributed by atoms with Crippen LogP contribution in [0.3, 0.4) is 0 Å². The Morgan fingerprint density at radius 2 is 1.94 bits per heavy atom. The quantitative estimate of drug-likeness (QED) is 0.861. The van der Waals surface area contributed by atoms with E-state index in [1.165, 1.54) is 5.56 Å². The standard InChI is InChI=1S/C14H14BrClN2/c1-9-7-12(15)8-17-14(9)18-10(2)11-3-5-13(16)6-4-11/h3-8,10H,1-2H3,(H,17,18). The van der Waals surface area contributed by atoms with Crippen molar-refractivity contribution in [1.29, 1.82) is 0 Å². The molecule has 1 unspecified atom stereocenters. The van der Waals surface area contributed by atoms with Gasteiger partial charge in [0.15, 0.2) is 0 Å². The smallest absolute Gasteiger partial charge is 0.129 e. The Morgan fingerprint density at radius 3 is 2.56 bits per heavy atom. The average Bonchev–Trinajstić information content (AvgIpc) is 2.33. The van der Waals surface area contributed by atoms with E-state index in [1.54, 1.807) is 6.20 Å². The molecule has 0 aliphatic heterocycles. The van der Waals surface area contributed by atoms with Crippen LogP contribution in [0.15, 0.2) is 41.0 Å². The maximum Gasteiger partial charge on any atom is 0.129 e.